The van der Waals surface area contributed by atoms with Gasteiger partial charge in [-0.1, -0.05) is 11.6 Å². The number of fused-ring (bicyclic) bond motifs is 1. The molecule has 122 valence electrons. The van der Waals surface area contributed by atoms with Crippen LogP contribution in [0, 0.1) is 20.2 Å². The lowest BCUT2D eigenvalue weighted by molar-refractivity contribution is -0.384. The minimum Gasteiger partial charge on any atom is -0.349 e. The predicted molar refractivity (Wildman–Crippen MR) is 87.5 cm³/mol. The summed E-state index contributed by atoms with van der Waals surface area (Å²) in [5.41, 5.74) is -0.426. The van der Waals surface area contributed by atoms with Crippen LogP contribution in [0.25, 0.3) is 11.0 Å². The Morgan fingerprint density at radius 1 is 1.08 bits per heavy atom. The SMILES string of the molecule is O=[N+]([O-])c1ccc(Br)c(Nc2cc(Cl)c3nonc3c2[N+](=O)[O-])c1. The number of nitro benzene ring substituents is 2. The third-order valence-electron chi connectivity index (χ3n) is 3.08. The van der Waals surface area contributed by atoms with Crippen LogP contribution in [0.15, 0.2) is 33.4 Å². The fourth-order valence-electron chi connectivity index (χ4n) is 2.04. The van der Waals surface area contributed by atoms with Crippen molar-refractivity contribution in [1.29, 1.82) is 0 Å². The van der Waals surface area contributed by atoms with Gasteiger partial charge in [0.2, 0.25) is 5.52 Å². The quantitative estimate of drug-likeness (QED) is 0.495. The van der Waals surface area contributed by atoms with Crippen molar-refractivity contribution in [3.63, 3.8) is 0 Å². The molecule has 0 bridgehead atoms. The van der Waals surface area contributed by atoms with Crippen molar-refractivity contribution < 1.29 is 14.5 Å². The Balaban J connectivity index is 2.17. The summed E-state index contributed by atoms with van der Waals surface area (Å²) in [7, 11) is 0. The van der Waals surface area contributed by atoms with Gasteiger partial charge in [-0.2, -0.15) is 0 Å². The maximum Gasteiger partial charge on any atom is 0.324 e. The van der Waals surface area contributed by atoms with Crippen molar-refractivity contribution >= 4 is 61.3 Å². The average Bonchev–Trinajstić information content (AvgIpc) is 2.98. The zero-order chi connectivity index (χ0) is 17.4. The zero-order valence-corrected chi connectivity index (χ0v) is 13.7. The maximum absolute atomic E-state index is 11.4. The van der Waals surface area contributed by atoms with E-state index in [0.717, 1.165) is 0 Å². The van der Waals surface area contributed by atoms with Gasteiger partial charge < -0.3 is 5.32 Å². The summed E-state index contributed by atoms with van der Waals surface area (Å²) in [4.78, 5) is 21.0. The van der Waals surface area contributed by atoms with Crippen molar-refractivity contribution in [2.75, 3.05) is 5.32 Å². The molecule has 0 saturated carbocycles. The lowest BCUT2D eigenvalue weighted by atomic mass is 10.2. The third kappa shape index (κ3) is 2.74. The van der Waals surface area contributed by atoms with Gasteiger partial charge in [-0.25, -0.2) is 4.63 Å². The first-order valence-corrected chi connectivity index (χ1v) is 7.35. The van der Waals surface area contributed by atoms with E-state index < -0.39 is 15.5 Å². The highest BCUT2D eigenvalue weighted by Gasteiger charge is 2.26. The Labute approximate surface area is 145 Å². The van der Waals surface area contributed by atoms with Crippen LogP contribution < -0.4 is 5.32 Å². The number of non-ortho nitro benzene ring substituents is 1. The second-order valence-corrected chi connectivity index (χ2v) is 5.78. The number of nitrogens with zero attached hydrogens (tertiary/aromatic N) is 4. The lowest BCUT2D eigenvalue weighted by Gasteiger charge is -2.09. The molecule has 0 fully saturated rings. The van der Waals surface area contributed by atoms with Crippen molar-refractivity contribution in [2.24, 2.45) is 0 Å². The standard InChI is InChI=1S/C12H5BrClN5O5/c13-6-2-1-5(18(20)21)3-8(6)15-9-4-7(14)10-11(17-24-16-10)12(9)19(22)23/h1-4,15H. The normalized spacial score (nSPS) is 10.8. The van der Waals surface area contributed by atoms with E-state index in [4.69, 9.17) is 11.6 Å². The van der Waals surface area contributed by atoms with E-state index in [2.05, 4.69) is 36.2 Å². The number of benzene rings is 2. The van der Waals surface area contributed by atoms with Gasteiger partial charge in [0.25, 0.3) is 5.69 Å². The summed E-state index contributed by atoms with van der Waals surface area (Å²) < 4.78 is 4.97. The Kier molecular flexibility index (Phi) is 4.03. The molecule has 0 atom stereocenters. The van der Waals surface area contributed by atoms with Gasteiger partial charge in [0, 0.05) is 16.6 Å². The van der Waals surface area contributed by atoms with E-state index in [1.807, 2.05) is 0 Å². The van der Waals surface area contributed by atoms with Gasteiger partial charge in [-0.3, -0.25) is 20.2 Å². The number of aromatic nitrogens is 2. The first-order chi connectivity index (χ1) is 11.4. The van der Waals surface area contributed by atoms with Crippen LogP contribution in [0.3, 0.4) is 0 Å². The van der Waals surface area contributed by atoms with Gasteiger partial charge in [0.05, 0.1) is 20.6 Å². The highest BCUT2D eigenvalue weighted by molar-refractivity contribution is 9.10. The molecule has 0 saturated heterocycles. The number of hydrogen-bond donors (Lipinski definition) is 1. The molecule has 3 aromatic rings. The molecule has 1 aromatic heterocycles. The molecule has 0 spiro atoms. The Bertz CT molecular complexity index is 991. The Morgan fingerprint density at radius 2 is 1.79 bits per heavy atom. The van der Waals surface area contributed by atoms with Gasteiger partial charge in [0.1, 0.15) is 5.69 Å². The number of hydrogen-bond acceptors (Lipinski definition) is 8. The monoisotopic (exact) mass is 413 g/mol. The van der Waals surface area contributed by atoms with E-state index in [1.165, 1.54) is 24.3 Å². The van der Waals surface area contributed by atoms with Crippen molar-refractivity contribution in [1.82, 2.24) is 10.3 Å². The predicted octanol–water partition coefficient (Wildman–Crippen LogP) is 4.20. The fraction of sp³-hybridized carbons (Fsp3) is 0. The molecule has 12 heteroatoms. The number of nitro groups is 2. The van der Waals surface area contributed by atoms with E-state index >= 15 is 0 Å². The van der Waals surface area contributed by atoms with Gasteiger partial charge in [0.15, 0.2) is 5.52 Å². The minimum absolute atomic E-state index is 0.00519. The molecule has 3 rings (SSSR count). The van der Waals surface area contributed by atoms with E-state index in [-0.39, 0.29) is 33.1 Å². The smallest absolute Gasteiger partial charge is 0.324 e. The summed E-state index contributed by atoms with van der Waals surface area (Å²) in [6.07, 6.45) is 0. The number of anilines is 2. The number of nitrogens with one attached hydrogen (secondary N) is 1. The molecule has 0 aliphatic rings. The van der Waals surface area contributed by atoms with Crippen molar-refractivity contribution in [2.45, 2.75) is 0 Å². The largest absolute Gasteiger partial charge is 0.349 e. The van der Waals surface area contributed by atoms with E-state index in [1.54, 1.807) is 0 Å². The van der Waals surface area contributed by atoms with Gasteiger partial charge >= 0.3 is 5.69 Å². The summed E-state index contributed by atoms with van der Waals surface area (Å²) in [6.45, 7) is 0. The van der Waals surface area contributed by atoms with Gasteiger partial charge in [-0.15, -0.1) is 0 Å². The summed E-state index contributed by atoms with van der Waals surface area (Å²) in [5.74, 6) is 0. The second kappa shape index (κ2) is 6.02. The van der Waals surface area contributed by atoms with Crippen LogP contribution in [0.1, 0.15) is 0 Å². The van der Waals surface area contributed by atoms with Crippen LogP contribution >= 0.6 is 27.5 Å². The molecule has 1 heterocycles. The Morgan fingerprint density at radius 3 is 2.46 bits per heavy atom. The van der Waals surface area contributed by atoms with Crippen LogP contribution in [-0.4, -0.2) is 20.2 Å². The molecule has 0 aliphatic heterocycles. The summed E-state index contributed by atoms with van der Waals surface area (Å²) >= 11 is 9.25. The molecular weight excluding hydrogens is 410 g/mol. The van der Waals surface area contributed by atoms with E-state index in [0.29, 0.717) is 4.47 Å². The van der Waals surface area contributed by atoms with Crippen molar-refractivity contribution in [3.05, 3.63) is 54.0 Å². The first kappa shape index (κ1) is 16.1. The molecule has 0 aliphatic carbocycles. The van der Waals surface area contributed by atoms with Crippen LogP contribution in [0.5, 0.6) is 0 Å². The first-order valence-electron chi connectivity index (χ1n) is 6.18. The molecule has 10 nitrogen and oxygen atoms in total. The highest BCUT2D eigenvalue weighted by Crippen LogP contribution is 2.39. The van der Waals surface area contributed by atoms with Crippen molar-refractivity contribution in [3.8, 4) is 0 Å². The molecule has 1 N–H and O–H groups in total. The molecule has 24 heavy (non-hydrogen) atoms. The number of halogens is 2. The molecule has 0 amide bonds. The zero-order valence-electron chi connectivity index (χ0n) is 11.4. The fourth-order valence-corrected chi connectivity index (χ4v) is 2.62. The minimum atomic E-state index is -0.670. The Hall–Kier alpha value is -2.79. The summed E-state index contributed by atoms with van der Waals surface area (Å²) in [6, 6.07) is 5.25. The highest BCUT2D eigenvalue weighted by atomic mass is 79.9. The molecule has 0 radical (unpaired) electrons. The van der Waals surface area contributed by atoms with E-state index in [9.17, 15) is 20.2 Å². The third-order valence-corrected chi connectivity index (χ3v) is 4.06. The van der Waals surface area contributed by atoms with Crippen LogP contribution in [-0.2, 0) is 0 Å². The maximum atomic E-state index is 11.4. The lowest BCUT2D eigenvalue weighted by Crippen LogP contribution is -2.00. The molecule has 2 aromatic carbocycles. The summed E-state index contributed by atoms with van der Waals surface area (Å²) in [5, 5.41) is 32.1. The van der Waals surface area contributed by atoms with Crippen LogP contribution in [0.2, 0.25) is 5.02 Å². The molecule has 0 unspecified atom stereocenters. The van der Waals surface area contributed by atoms with Crippen LogP contribution in [0.4, 0.5) is 22.7 Å². The van der Waals surface area contributed by atoms with Gasteiger partial charge in [-0.05, 0) is 38.4 Å². The number of rotatable bonds is 4. The average molecular weight is 415 g/mol. The second-order valence-electron chi connectivity index (χ2n) is 4.52. The topological polar surface area (TPSA) is 137 Å². The molecular formula is C12H5BrClN5O5.